The molecule has 5 rings (SSSR count). The first-order valence-corrected chi connectivity index (χ1v) is 9.82. The highest BCUT2D eigenvalue weighted by molar-refractivity contribution is 5.86. The molecule has 0 radical (unpaired) electrons. The molecule has 1 aliphatic carbocycles. The Morgan fingerprint density at radius 2 is 2.11 bits per heavy atom. The van der Waals surface area contributed by atoms with Gasteiger partial charge in [0.2, 0.25) is 5.91 Å². The normalized spacial score (nSPS) is 16.4. The van der Waals surface area contributed by atoms with Crippen LogP contribution >= 0.6 is 0 Å². The maximum absolute atomic E-state index is 13.7. The lowest BCUT2D eigenvalue weighted by molar-refractivity contribution is -0.122. The monoisotopic (exact) mass is 375 g/mol. The molecule has 2 aromatic carbocycles. The molecule has 2 N–H and O–H groups in total. The van der Waals surface area contributed by atoms with E-state index in [0.29, 0.717) is 13.0 Å². The quantitative estimate of drug-likeness (QED) is 0.527. The van der Waals surface area contributed by atoms with Gasteiger partial charge in [-0.2, -0.15) is 0 Å². The molecule has 0 unspecified atom stereocenters. The minimum absolute atomic E-state index is 0.0342. The van der Waals surface area contributed by atoms with Crippen molar-refractivity contribution in [1.82, 2.24) is 14.9 Å². The lowest BCUT2D eigenvalue weighted by Gasteiger charge is -2.24. The largest absolute Gasteiger partial charge is 0.356 e. The van der Waals surface area contributed by atoms with Crippen molar-refractivity contribution in [3.8, 4) is 0 Å². The molecule has 0 spiro atoms. The van der Waals surface area contributed by atoms with Gasteiger partial charge in [-0.1, -0.05) is 18.2 Å². The predicted molar refractivity (Wildman–Crippen MR) is 109 cm³/mol. The number of carbonyl (C=O) groups is 1. The number of nitrogens with zero attached hydrogens (tertiary/aromatic N) is 1. The predicted octanol–water partition coefficient (Wildman–Crippen LogP) is 4.85. The molecule has 1 amide bonds. The number of aromatic nitrogens is 2. The Kier molecular flexibility index (Phi) is 4.15. The number of hydrogen-bond donors (Lipinski definition) is 2. The molecule has 2 heterocycles. The number of para-hydroxylation sites is 1. The highest BCUT2D eigenvalue weighted by Crippen LogP contribution is 2.35. The van der Waals surface area contributed by atoms with E-state index < -0.39 is 0 Å². The van der Waals surface area contributed by atoms with Gasteiger partial charge in [0.05, 0.1) is 6.04 Å². The number of aryl methyl sites for hydroxylation is 2. The van der Waals surface area contributed by atoms with E-state index >= 15 is 0 Å². The highest BCUT2D eigenvalue weighted by Gasteiger charge is 2.25. The molecule has 142 valence electrons. The topological polar surface area (TPSA) is 49.8 Å². The number of nitrogens with one attached hydrogen (secondary N) is 2. The van der Waals surface area contributed by atoms with E-state index in [1.165, 1.54) is 11.5 Å². The Hall–Kier alpha value is -3.08. The van der Waals surface area contributed by atoms with Crippen LogP contribution in [0.2, 0.25) is 0 Å². The SMILES string of the molecule is O=C(CCn1ccc2ccccc21)N[C@@H]1CCCc2c1[nH]c1ccc(F)cc21. The van der Waals surface area contributed by atoms with Crippen LogP contribution < -0.4 is 5.32 Å². The van der Waals surface area contributed by atoms with Crippen LogP contribution in [0.4, 0.5) is 4.39 Å². The second-order valence-corrected chi connectivity index (χ2v) is 7.54. The molecule has 0 bridgehead atoms. The molecule has 1 aliphatic rings. The second-order valence-electron chi connectivity index (χ2n) is 7.54. The van der Waals surface area contributed by atoms with Gasteiger partial charge in [-0.25, -0.2) is 4.39 Å². The number of fused-ring (bicyclic) bond motifs is 4. The van der Waals surface area contributed by atoms with Crippen molar-refractivity contribution in [3.05, 3.63) is 71.8 Å². The van der Waals surface area contributed by atoms with Crippen molar-refractivity contribution in [2.75, 3.05) is 0 Å². The fraction of sp³-hybridized carbons (Fsp3) is 0.261. The summed E-state index contributed by atoms with van der Waals surface area (Å²) in [5.41, 5.74) is 4.26. The fourth-order valence-electron chi connectivity index (χ4n) is 4.40. The van der Waals surface area contributed by atoms with Crippen molar-refractivity contribution in [2.45, 2.75) is 38.3 Å². The van der Waals surface area contributed by atoms with Gasteiger partial charge in [-0.05, 0) is 60.5 Å². The Morgan fingerprint density at radius 1 is 1.21 bits per heavy atom. The first-order chi connectivity index (χ1) is 13.7. The summed E-state index contributed by atoms with van der Waals surface area (Å²) in [7, 11) is 0. The van der Waals surface area contributed by atoms with Crippen LogP contribution in [0, 0.1) is 5.82 Å². The van der Waals surface area contributed by atoms with E-state index in [9.17, 15) is 9.18 Å². The van der Waals surface area contributed by atoms with Gasteiger partial charge in [0, 0.05) is 41.3 Å². The number of rotatable bonds is 4. The Balaban J connectivity index is 1.31. The van der Waals surface area contributed by atoms with Crippen LogP contribution in [0.15, 0.2) is 54.7 Å². The van der Waals surface area contributed by atoms with Crippen molar-refractivity contribution >= 4 is 27.7 Å². The van der Waals surface area contributed by atoms with E-state index in [-0.39, 0.29) is 17.8 Å². The van der Waals surface area contributed by atoms with E-state index in [1.807, 2.05) is 18.3 Å². The molecule has 4 aromatic rings. The Bertz CT molecular complexity index is 1170. The van der Waals surface area contributed by atoms with Crippen LogP contribution in [0.5, 0.6) is 0 Å². The number of benzene rings is 2. The molecule has 28 heavy (non-hydrogen) atoms. The average molecular weight is 375 g/mol. The molecule has 0 saturated heterocycles. The smallest absolute Gasteiger partial charge is 0.222 e. The first-order valence-electron chi connectivity index (χ1n) is 9.82. The minimum atomic E-state index is -0.223. The van der Waals surface area contributed by atoms with Gasteiger partial charge in [0.1, 0.15) is 5.82 Å². The Morgan fingerprint density at radius 3 is 3.04 bits per heavy atom. The summed E-state index contributed by atoms with van der Waals surface area (Å²) in [5, 5.41) is 5.31. The number of aromatic amines is 1. The lowest BCUT2D eigenvalue weighted by Crippen LogP contribution is -2.31. The van der Waals surface area contributed by atoms with Crippen LogP contribution in [-0.2, 0) is 17.8 Å². The number of amides is 1. The summed E-state index contributed by atoms with van der Waals surface area (Å²) < 4.78 is 15.8. The standard InChI is InChI=1S/C23H22FN3O/c24-16-8-9-19-18(14-16)17-5-3-6-20(23(17)26-19)25-22(28)11-13-27-12-10-15-4-1-2-7-21(15)27/h1-2,4,7-10,12,14,20,26H,3,5-6,11,13H2,(H,25,28)/t20-/m1/s1. The summed E-state index contributed by atoms with van der Waals surface area (Å²) in [5.74, 6) is -0.181. The number of H-pyrrole nitrogens is 1. The molecule has 0 fully saturated rings. The molecule has 4 nitrogen and oxygen atoms in total. The van der Waals surface area contributed by atoms with E-state index in [1.54, 1.807) is 12.1 Å². The summed E-state index contributed by atoms with van der Waals surface area (Å²) in [4.78, 5) is 16.0. The Labute approximate surface area is 162 Å². The lowest BCUT2D eigenvalue weighted by atomic mass is 9.91. The van der Waals surface area contributed by atoms with Crippen molar-refractivity contribution in [1.29, 1.82) is 0 Å². The number of carbonyl (C=O) groups excluding carboxylic acids is 1. The summed E-state index contributed by atoms with van der Waals surface area (Å²) in [6.45, 7) is 0.650. The minimum Gasteiger partial charge on any atom is -0.356 e. The molecule has 5 heteroatoms. The number of hydrogen-bond acceptors (Lipinski definition) is 1. The number of halogens is 1. The van der Waals surface area contributed by atoms with Crippen LogP contribution in [0.3, 0.4) is 0 Å². The summed E-state index contributed by atoms with van der Waals surface area (Å²) in [6.07, 6.45) is 5.27. The third-order valence-corrected chi connectivity index (χ3v) is 5.76. The maximum Gasteiger partial charge on any atom is 0.222 e. The average Bonchev–Trinajstić information content (AvgIpc) is 3.28. The van der Waals surface area contributed by atoms with Gasteiger partial charge in [-0.15, -0.1) is 0 Å². The third kappa shape index (κ3) is 2.97. The van der Waals surface area contributed by atoms with Crippen LogP contribution in [-0.4, -0.2) is 15.5 Å². The van der Waals surface area contributed by atoms with Gasteiger partial charge < -0.3 is 14.9 Å². The zero-order valence-electron chi connectivity index (χ0n) is 15.5. The first kappa shape index (κ1) is 17.0. The van der Waals surface area contributed by atoms with Crippen LogP contribution in [0.1, 0.15) is 36.6 Å². The fourth-order valence-corrected chi connectivity index (χ4v) is 4.40. The van der Waals surface area contributed by atoms with Gasteiger partial charge >= 0.3 is 0 Å². The van der Waals surface area contributed by atoms with Gasteiger partial charge in [0.15, 0.2) is 0 Å². The maximum atomic E-state index is 13.7. The molecule has 0 saturated carbocycles. The van der Waals surface area contributed by atoms with E-state index in [0.717, 1.165) is 46.9 Å². The molecular weight excluding hydrogens is 353 g/mol. The van der Waals surface area contributed by atoms with Gasteiger partial charge in [-0.3, -0.25) is 4.79 Å². The van der Waals surface area contributed by atoms with Crippen molar-refractivity contribution < 1.29 is 9.18 Å². The summed E-state index contributed by atoms with van der Waals surface area (Å²) in [6, 6.07) is 15.1. The molecule has 0 aliphatic heterocycles. The molecule has 2 aromatic heterocycles. The van der Waals surface area contributed by atoms with Gasteiger partial charge in [0.25, 0.3) is 0 Å². The van der Waals surface area contributed by atoms with Crippen molar-refractivity contribution in [3.63, 3.8) is 0 Å². The molecule has 1 atom stereocenters. The highest BCUT2D eigenvalue weighted by atomic mass is 19.1. The van der Waals surface area contributed by atoms with Crippen molar-refractivity contribution in [2.24, 2.45) is 0 Å². The zero-order chi connectivity index (χ0) is 19.1. The summed E-state index contributed by atoms with van der Waals surface area (Å²) >= 11 is 0. The second kappa shape index (κ2) is 6.82. The van der Waals surface area contributed by atoms with Crippen LogP contribution in [0.25, 0.3) is 21.8 Å². The third-order valence-electron chi connectivity index (χ3n) is 5.76. The van der Waals surface area contributed by atoms with E-state index in [4.69, 9.17) is 0 Å². The molecular formula is C23H22FN3O. The van der Waals surface area contributed by atoms with E-state index in [2.05, 4.69) is 33.1 Å². The zero-order valence-corrected chi connectivity index (χ0v) is 15.5.